The van der Waals surface area contributed by atoms with Crippen LogP contribution in [0.3, 0.4) is 0 Å². The number of hydrogen-bond donors (Lipinski definition) is 1. The molecule has 1 N–H and O–H groups in total. The van der Waals surface area contributed by atoms with Gasteiger partial charge in [0.2, 0.25) is 0 Å². The normalized spacial score (nSPS) is 23.2. The maximum absolute atomic E-state index is 6.35. The molecule has 1 unspecified atom stereocenters. The van der Waals surface area contributed by atoms with Crippen LogP contribution in [-0.2, 0) is 12.8 Å². The third-order valence-corrected chi connectivity index (χ3v) is 4.19. The van der Waals surface area contributed by atoms with Gasteiger partial charge in [0.1, 0.15) is 5.75 Å². The summed E-state index contributed by atoms with van der Waals surface area (Å²) in [7, 11) is 0. The van der Waals surface area contributed by atoms with Crippen molar-refractivity contribution in [3.8, 4) is 5.75 Å². The molecule has 2 nitrogen and oxygen atoms in total. The molecule has 1 fully saturated rings. The fourth-order valence-electron chi connectivity index (χ4n) is 2.92. The minimum Gasteiger partial charge on any atom is -0.493 e. The number of ether oxygens (including phenoxy) is 1. The van der Waals surface area contributed by atoms with E-state index in [0.717, 1.165) is 42.7 Å². The molecule has 1 saturated heterocycles. The number of hydrogen-bond acceptors (Lipinski definition) is 2. The zero-order chi connectivity index (χ0) is 11.7. The van der Waals surface area contributed by atoms with Crippen molar-refractivity contribution in [2.45, 2.75) is 25.7 Å². The lowest BCUT2D eigenvalue weighted by Gasteiger charge is -2.24. The second-order valence-electron chi connectivity index (χ2n) is 5.02. The number of piperidine rings is 1. The van der Waals surface area contributed by atoms with Gasteiger partial charge in [0, 0.05) is 17.0 Å². The molecule has 3 rings (SSSR count). The van der Waals surface area contributed by atoms with Gasteiger partial charge < -0.3 is 10.1 Å². The van der Waals surface area contributed by atoms with Crippen molar-refractivity contribution in [2.24, 2.45) is 5.92 Å². The molecule has 0 bridgehead atoms. The molecule has 1 aromatic carbocycles. The smallest absolute Gasteiger partial charge is 0.123 e. The van der Waals surface area contributed by atoms with Gasteiger partial charge in [-0.2, -0.15) is 0 Å². The summed E-state index contributed by atoms with van der Waals surface area (Å²) in [5, 5.41) is 4.38. The molecule has 3 heteroatoms. The van der Waals surface area contributed by atoms with Crippen molar-refractivity contribution in [1.82, 2.24) is 5.32 Å². The molecule has 17 heavy (non-hydrogen) atoms. The predicted octanol–water partition coefficient (Wildman–Crippen LogP) is 2.82. The molecule has 0 amide bonds. The number of halogens is 1. The molecule has 1 aromatic rings. The molecule has 0 radical (unpaired) electrons. The van der Waals surface area contributed by atoms with Crippen molar-refractivity contribution in [2.75, 3.05) is 19.7 Å². The SMILES string of the molecule is Clc1ccc2c(c1CC1CCCNC1)CCO2. The fourth-order valence-corrected chi connectivity index (χ4v) is 3.18. The van der Waals surface area contributed by atoms with Gasteiger partial charge in [-0.1, -0.05) is 11.6 Å². The van der Waals surface area contributed by atoms with Gasteiger partial charge in [0.05, 0.1) is 6.61 Å². The monoisotopic (exact) mass is 251 g/mol. The number of fused-ring (bicyclic) bond motifs is 1. The van der Waals surface area contributed by atoms with Crippen LogP contribution in [0.5, 0.6) is 5.75 Å². The standard InChI is InChI=1S/C14H18ClNO/c15-13-3-4-14-11(5-7-17-14)12(13)8-10-2-1-6-16-9-10/h3-4,10,16H,1-2,5-9H2. The topological polar surface area (TPSA) is 21.3 Å². The zero-order valence-corrected chi connectivity index (χ0v) is 10.7. The van der Waals surface area contributed by atoms with E-state index < -0.39 is 0 Å². The van der Waals surface area contributed by atoms with Crippen LogP contribution in [0.1, 0.15) is 24.0 Å². The van der Waals surface area contributed by atoms with Crippen LogP contribution >= 0.6 is 11.6 Å². The summed E-state index contributed by atoms with van der Waals surface area (Å²) in [6, 6.07) is 3.99. The molecule has 0 aromatic heterocycles. The highest BCUT2D eigenvalue weighted by Gasteiger charge is 2.22. The highest BCUT2D eigenvalue weighted by atomic mass is 35.5. The van der Waals surface area contributed by atoms with Crippen LogP contribution in [0.4, 0.5) is 0 Å². The summed E-state index contributed by atoms with van der Waals surface area (Å²) in [5.74, 6) is 1.78. The minimum absolute atomic E-state index is 0.730. The first-order valence-corrected chi connectivity index (χ1v) is 6.86. The molecular formula is C14H18ClNO. The second-order valence-corrected chi connectivity index (χ2v) is 5.42. The van der Waals surface area contributed by atoms with Crippen LogP contribution in [-0.4, -0.2) is 19.7 Å². The average molecular weight is 252 g/mol. The van der Waals surface area contributed by atoms with E-state index in [0.29, 0.717) is 0 Å². The van der Waals surface area contributed by atoms with Gasteiger partial charge in [-0.25, -0.2) is 0 Å². The summed E-state index contributed by atoms with van der Waals surface area (Å²) >= 11 is 6.35. The summed E-state index contributed by atoms with van der Waals surface area (Å²) in [5.41, 5.74) is 2.68. The van der Waals surface area contributed by atoms with E-state index >= 15 is 0 Å². The van der Waals surface area contributed by atoms with Gasteiger partial charge in [-0.05, 0) is 56.0 Å². The fraction of sp³-hybridized carbons (Fsp3) is 0.571. The van der Waals surface area contributed by atoms with Gasteiger partial charge in [0.15, 0.2) is 0 Å². The van der Waals surface area contributed by atoms with Crippen LogP contribution in [0, 0.1) is 5.92 Å². The molecule has 2 aliphatic rings. The van der Waals surface area contributed by atoms with E-state index in [9.17, 15) is 0 Å². The molecule has 92 valence electrons. The molecular weight excluding hydrogens is 234 g/mol. The van der Waals surface area contributed by atoms with Crippen molar-refractivity contribution in [3.63, 3.8) is 0 Å². The van der Waals surface area contributed by atoms with E-state index in [1.165, 1.54) is 30.5 Å². The molecule has 2 heterocycles. The molecule has 0 spiro atoms. The van der Waals surface area contributed by atoms with Crippen LogP contribution in [0.15, 0.2) is 12.1 Å². The molecule has 0 aliphatic carbocycles. The summed E-state index contributed by atoms with van der Waals surface area (Å²) in [6.45, 7) is 3.10. The molecule has 1 atom stereocenters. The summed E-state index contributed by atoms with van der Waals surface area (Å²) in [4.78, 5) is 0. The second kappa shape index (κ2) is 4.87. The Kier molecular flexibility index (Phi) is 3.26. The Morgan fingerprint density at radius 1 is 1.41 bits per heavy atom. The lowest BCUT2D eigenvalue weighted by Crippen LogP contribution is -2.31. The number of rotatable bonds is 2. The van der Waals surface area contributed by atoms with Crippen molar-refractivity contribution >= 4 is 11.6 Å². The average Bonchev–Trinajstić information content (AvgIpc) is 2.83. The third kappa shape index (κ3) is 2.29. The molecule has 2 aliphatic heterocycles. The Labute approximate surface area is 107 Å². The van der Waals surface area contributed by atoms with Gasteiger partial charge >= 0.3 is 0 Å². The molecule has 0 saturated carbocycles. The highest BCUT2D eigenvalue weighted by Crippen LogP contribution is 2.35. The Morgan fingerprint density at radius 2 is 2.35 bits per heavy atom. The van der Waals surface area contributed by atoms with E-state index in [2.05, 4.69) is 5.32 Å². The highest BCUT2D eigenvalue weighted by molar-refractivity contribution is 6.31. The van der Waals surface area contributed by atoms with Gasteiger partial charge in [-0.15, -0.1) is 0 Å². The van der Waals surface area contributed by atoms with Crippen LogP contribution in [0.2, 0.25) is 5.02 Å². The Morgan fingerprint density at radius 3 is 3.18 bits per heavy atom. The van der Waals surface area contributed by atoms with Gasteiger partial charge in [0.25, 0.3) is 0 Å². The van der Waals surface area contributed by atoms with E-state index in [-0.39, 0.29) is 0 Å². The van der Waals surface area contributed by atoms with Crippen LogP contribution in [0.25, 0.3) is 0 Å². The maximum atomic E-state index is 6.35. The Bertz CT molecular complexity index is 413. The van der Waals surface area contributed by atoms with Crippen molar-refractivity contribution in [1.29, 1.82) is 0 Å². The first kappa shape index (κ1) is 11.4. The predicted molar refractivity (Wildman–Crippen MR) is 69.9 cm³/mol. The largest absolute Gasteiger partial charge is 0.493 e. The third-order valence-electron chi connectivity index (χ3n) is 3.83. The Hall–Kier alpha value is -0.730. The van der Waals surface area contributed by atoms with Crippen molar-refractivity contribution in [3.05, 3.63) is 28.3 Å². The maximum Gasteiger partial charge on any atom is 0.123 e. The van der Waals surface area contributed by atoms with E-state index in [1.807, 2.05) is 12.1 Å². The zero-order valence-electron chi connectivity index (χ0n) is 9.97. The first-order chi connectivity index (χ1) is 8.34. The Balaban J connectivity index is 1.84. The quantitative estimate of drug-likeness (QED) is 0.873. The number of benzene rings is 1. The lowest BCUT2D eigenvalue weighted by atomic mass is 9.89. The van der Waals surface area contributed by atoms with E-state index in [1.54, 1.807) is 0 Å². The minimum atomic E-state index is 0.730. The van der Waals surface area contributed by atoms with Crippen molar-refractivity contribution < 1.29 is 4.74 Å². The lowest BCUT2D eigenvalue weighted by molar-refractivity contribution is 0.357. The number of nitrogens with one attached hydrogen (secondary N) is 1. The summed E-state index contributed by atoms with van der Waals surface area (Å²) < 4.78 is 5.61. The summed E-state index contributed by atoms with van der Waals surface area (Å²) in [6.07, 6.45) is 4.71. The van der Waals surface area contributed by atoms with E-state index in [4.69, 9.17) is 16.3 Å². The van der Waals surface area contributed by atoms with Gasteiger partial charge in [-0.3, -0.25) is 0 Å². The van der Waals surface area contributed by atoms with Crippen LogP contribution < -0.4 is 10.1 Å². The first-order valence-electron chi connectivity index (χ1n) is 6.48.